The summed E-state index contributed by atoms with van der Waals surface area (Å²) >= 11 is 0. The van der Waals surface area contributed by atoms with Crippen molar-refractivity contribution >= 4 is 12.0 Å². The summed E-state index contributed by atoms with van der Waals surface area (Å²) in [6.45, 7) is 1.30. The Morgan fingerprint density at radius 3 is 2.71 bits per heavy atom. The number of nitrogens with one attached hydrogen (secondary N) is 2. The highest BCUT2D eigenvalue weighted by atomic mass is 16.4. The van der Waals surface area contributed by atoms with E-state index in [1.807, 2.05) is 0 Å². The Morgan fingerprint density at radius 2 is 2.06 bits per heavy atom. The number of carbonyl (C=O) groups excluding carboxylic acids is 1. The van der Waals surface area contributed by atoms with Crippen molar-refractivity contribution < 1.29 is 14.7 Å². The fourth-order valence-corrected chi connectivity index (χ4v) is 1.14. The van der Waals surface area contributed by atoms with Gasteiger partial charge in [0.25, 0.3) is 0 Å². The van der Waals surface area contributed by atoms with Gasteiger partial charge in [-0.25, -0.2) is 4.79 Å². The van der Waals surface area contributed by atoms with Crippen LogP contribution in [0, 0.1) is 0 Å². The summed E-state index contributed by atoms with van der Waals surface area (Å²) in [4.78, 5) is 21.3. The molecule has 8 heteroatoms. The van der Waals surface area contributed by atoms with Crippen LogP contribution in [0.3, 0.4) is 0 Å². The minimum Gasteiger partial charge on any atom is -0.481 e. The number of aromatic nitrogens is 3. The maximum Gasteiger partial charge on any atom is 0.314 e. The van der Waals surface area contributed by atoms with Gasteiger partial charge in [-0.1, -0.05) is 5.21 Å². The third-order valence-electron chi connectivity index (χ3n) is 1.95. The molecule has 0 atom stereocenters. The van der Waals surface area contributed by atoms with Crippen LogP contribution in [0.4, 0.5) is 4.79 Å². The number of carbonyl (C=O) groups is 2. The Bertz CT molecular complexity index is 352. The van der Waals surface area contributed by atoms with E-state index < -0.39 is 5.97 Å². The third-order valence-corrected chi connectivity index (χ3v) is 1.95. The predicted molar refractivity (Wildman–Crippen MR) is 58.3 cm³/mol. The van der Waals surface area contributed by atoms with Crippen LogP contribution in [-0.2, 0) is 11.3 Å². The fourth-order valence-electron chi connectivity index (χ4n) is 1.14. The van der Waals surface area contributed by atoms with Gasteiger partial charge in [-0.3, -0.25) is 9.48 Å². The van der Waals surface area contributed by atoms with Crippen molar-refractivity contribution in [2.75, 3.05) is 13.1 Å². The Hall–Kier alpha value is -2.12. The molecular formula is C9H15N5O3. The highest BCUT2D eigenvalue weighted by molar-refractivity contribution is 5.74. The number of hydrogen-bond donors (Lipinski definition) is 3. The maximum atomic E-state index is 11.1. The van der Waals surface area contributed by atoms with Gasteiger partial charge in [0.05, 0.1) is 12.6 Å². The molecule has 8 nitrogen and oxygen atoms in total. The van der Waals surface area contributed by atoms with Crippen LogP contribution in [-0.4, -0.2) is 45.2 Å². The Morgan fingerprint density at radius 1 is 1.29 bits per heavy atom. The molecule has 1 rings (SSSR count). The lowest BCUT2D eigenvalue weighted by Gasteiger charge is -2.06. The molecule has 0 bridgehead atoms. The molecular weight excluding hydrogens is 226 g/mol. The molecule has 0 aliphatic heterocycles. The van der Waals surface area contributed by atoms with Crippen molar-refractivity contribution in [2.24, 2.45) is 0 Å². The van der Waals surface area contributed by atoms with Crippen LogP contribution in [0.2, 0.25) is 0 Å². The van der Waals surface area contributed by atoms with Gasteiger partial charge >= 0.3 is 12.0 Å². The normalized spacial score (nSPS) is 9.88. The van der Waals surface area contributed by atoms with E-state index in [1.165, 1.54) is 0 Å². The van der Waals surface area contributed by atoms with Gasteiger partial charge in [-0.15, -0.1) is 5.10 Å². The SMILES string of the molecule is O=C(O)CCNC(=O)NCCCn1ccnn1. The monoisotopic (exact) mass is 241 g/mol. The first-order valence-corrected chi connectivity index (χ1v) is 5.26. The fraction of sp³-hybridized carbons (Fsp3) is 0.556. The van der Waals surface area contributed by atoms with Crippen molar-refractivity contribution in [3.05, 3.63) is 12.4 Å². The van der Waals surface area contributed by atoms with E-state index in [2.05, 4.69) is 20.9 Å². The molecule has 3 N–H and O–H groups in total. The van der Waals surface area contributed by atoms with Crippen LogP contribution in [0.1, 0.15) is 12.8 Å². The van der Waals surface area contributed by atoms with Crippen LogP contribution in [0.25, 0.3) is 0 Å². The minimum absolute atomic E-state index is 0.0770. The second kappa shape index (κ2) is 7.20. The first kappa shape index (κ1) is 12.9. The summed E-state index contributed by atoms with van der Waals surface area (Å²) in [5.41, 5.74) is 0. The number of amides is 2. The van der Waals surface area contributed by atoms with E-state index in [1.54, 1.807) is 17.1 Å². The molecule has 0 unspecified atom stereocenters. The lowest BCUT2D eigenvalue weighted by Crippen LogP contribution is -2.37. The number of carboxylic acid groups (broad SMARTS) is 1. The Kier molecular flexibility index (Phi) is 5.49. The van der Waals surface area contributed by atoms with E-state index in [9.17, 15) is 9.59 Å². The molecule has 0 aliphatic carbocycles. The summed E-state index contributed by atoms with van der Waals surface area (Å²) in [7, 11) is 0. The van der Waals surface area contributed by atoms with Crippen molar-refractivity contribution in [3.63, 3.8) is 0 Å². The highest BCUT2D eigenvalue weighted by Crippen LogP contribution is 1.85. The zero-order valence-corrected chi connectivity index (χ0v) is 9.30. The van der Waals surface area contributed by atoms with Gasteiger partial charge in [0, 0.05) is 25.8 Å². The molecule has 0 fully saturated rings. The van der Waals surface area contributed by atoms with Gasteiger partial charge in [-0.2, -0.15) is 0 Å². The molecule has 0 aromatic carbocycles. The second-order valence-electron chi connectivity index (χ2n) is 3.35. The summed E-state index contributed by atoms with van der Waals surface area (Å²) in [5.74, 6) is -0.934. The van der Waals surface area contributed by atoms with Crippen molar-refractivity contribution in [3.8, 4) is 0 Å². The van der Waals surface area contributed by atoms with Crippen molar-refractivity contribution in [1.29, 1.82) is 0 Å². The highest BCUT2D eigenvalue weighted by Gasteiger charge is 2.01. The van der Waals surface area contributed by atoms with Crippen LogP contribution < -0.4 is 10.6 Å². The molecule has 1 heterocycles. The second-order valence-corrected chi connectivity index (χ2v) is 3.35. The van der Waals surface area contributed by atoms with Crippen LogP contribution in [0.15, 0.2) is 12.4 Å². The standard InChI is InChI=1S/C9H15N5O3/c15-8(16)2-4-11-9(17)10-3-1-6-14-7-5-12-13-14/h5,7H,1-4,6H2,(H,15,16)(H2,10,11,17). The number of rotatable bonds is 7. The number of carboxylic acids is 1. The number of urea groups is 1. The summed E-state index contributed by atoms with van der Waals surface area (Å²) in [6.07, 6.45) is 3.99. The molecule has 94 valence electrons. The molecule has 1 aromatic heterocycles. The Labute approximate surface area is 98.0 Å². The number of aliphatic carboxylic acids is 1. The average molecular weight is 241 g/mol. The molecule has 0 aliphatic rings. The smallest absolute Gasteiger partial charge is 0.314 e. The summed E-state index contributed by atoms with van der Waals surface area (Å²) in [5, 5.41) is 20.8. The zero-order valence-electron chi connectivity index (χ0n) is 9.30. The number of hydrogen-bond acceptors (Lipinski definition) is 4. The lowest BCUT2D eigenvalue weighted by atomic mass is 10.4. The number of nitrogens with zero attached hydrogens (tertiary/aromatic N) is 3. The molecule has 17 heavy (non-hydrogen) atoms. The largest absolute Gasteiger partial charge is 0.481 e. The Balaban J connectivity index is 1.98. The molecule has 0 saturated carbocycles. The minimum atomic E-state index is -0.934. The average Bonchev–Trinajstić information content (AvgIpc) is 2.76. The molecule has 2 amide bonds. The van der Waals surface area contributed by atoms with Gasteiger partial charge in [-0.05, 0) is 6.42 Å². The van der Waals surface area contributed by atoms with E-state index in [4.69, 9.17) is 5.11 Å². The quantitative estimate of drug-likeness (QED) is 0.554. The van der Waals surface area contributed by atoms with Gasteiger partial charge in [0.2, 0.25) is 0 Å². The summed E-state index contributed by atoms with van der Waals surface area (Å²) in [6, 6.07) is -0.357. The predicted octanol–water partition coefficient (Wildman–Crippen LogP) is -0.558. The van der Waals surface area contributed by atoms with Gasteiger partial charge in [0.15, 0.2) is 0 Å². The van der Waals surface area contributed by atoms with E-state index in [0.29, 0.717) is 13.1 Å². The van der Waals surface area contributed by atoms with E-state index in [0.717, 1.165) is 6.42 Å². The number of aryl methyl sites for hydroxylation is 1. The van der Waals surface area contributed by atoms with E-state index >= 15 is 0 Å². The van der Waals surface area contributed by atoms with Crippen LogP contribution >= 0.6 is 0 Å². The van der Waals surface area contributed by atoms with E-state index in [-0.39, 0.29) is 19.0 Å². The third kappa shape index (κ3) is 6.13. The topological polar surface area (TPSA) is 109 Å². The molecule has 1 aromatic rings. The first-order valence-electron chi connectivity index (χ1n) is 5.26. The first-order chi connectivity index (χ1) is 8.18. The van der Waals surface area contributed by atoms with Crippen molar-refractivity contribution in [1.82, 2.24) is 25.6 Å². The summed E-state index contributed by atoms with van der Waals surface area (Å²) < 4.78 is 1.67. The molecule has 0 saturated heterocycles. The maximum absolute atomic E-state index is 11.1. The van der Waals surface area contributed by atoms with Gasteiger partial charge in [0.1, 0.15) is 0 Å². The van der Waals surface area contributed by atoms with Crippen LogP contribution in [0.5, 0.6) is 0 Å². The van der Waals surface area contributed by atoms with Crippen molar-refractivity contribution in [2.45, 2.75) is 19.4 Å². The molecule has 0 radical (unpaired) electrons. The molecule has 0 spiro atoms. The lowest BCUT2D eigenvalue weighted by molar-refractivity contribution is -0.136. The zero-order chi connectivity index (χ0) is 12.5. The van der Waals surface area contributed by atoms with Gasteiger partial charge < -0.3 is 15.7 Å².